The Kier molecular flexibility index (Phi) is 5.67. The van der Waals surface area contributed by atoms with Gasteiger partial charge in [-0.15, -0.1) is 0 Å². The van der Waals surface area contributed by atoms with Gasteiger partial charge < -0.3 is 20.2 Å². The van der Waals surface area contributed by atoms with Crippen molar-refractivity contribution in [2.45, 2.75) is 19.4 Å². The van der Waals surface area contributed by atoms with E-state index in [1.807, 2.05) is 29.7 Å². The Hall–Kier alpha value is -3.01. The van der Waals surface area contributed by atoms with Gasteiger partial charge in [0, 0.05) is 38.1 Å². The van der Waals surface area contributed by atoms with E-state index in [1.54, 1.807) is 0 Å². The molecule has 1 saturated heterocycles. The predicted molar refractivity (Wildman–Crippen MR) is 112 cm³/mol. The maximum absolute atomic E-state index is 15.1. The maximum Gasteiger partial charge on any atom is 0.137 e. The molecule has 0 bridgehead atoms. The van der Waals surface area contributed by atoms with Gasteiger partial charge in [-0.3, -0.25) is 5.01 Å². The fraction of sp³-hybridized carbons (Fsp3) is 0.286. The summed E-state index contributed by atoms with van der Waals surface area (Å²) >= 11 is 0. The summed E-state index contributed by atoms with van der Waals surface area (Å²) in [6, 6.07) is 6.14. The van der Waals surface area contributed by atoms with Gasteiger partial charge in [-0.2, -0.15) is 0 Å². The second-order valence-corrected chi connectivity index (χ2v) is 7.27. The molecular formula is C21H24F2N6O. The van der Waals surface area contributed by atoms with Crippen LogP contribution in [0.5, 0.6) is 0 Å². The molecule has 0 saturated carbocycles. The number of hydrogen-bond acceptors (Lipinski definition) is 6. The number of hydrazine groups is 1. The Morgan fingerprint density at radius 2 is 2.10 bits per heavy atom. The number of fused-ring (bicyclic) bond motifs is 1. The van der Waals surface area contributed by atoms with E-state index >= 15 is 8.78 Å². The lowest BCUT2D eigenvalue weighted by Gasteiger charge is -2.24. The third-order valence-corrected chi connectivity index (χ3v) is 5.11. The van der Waals surface area contributed by atoms with E-state index in [2.05, 4.69) is 10.3 Å². The maximum atomic E-state index is 15.1. The molecule has 1 fully saturated rings. The zero-order valence-corrected chi connectivity index (χ0v) is 16.6. The van der Waals surface area contributed by atoms with Gasteiger partial charge in [0.15, 0.2) is 0 Å². The highest BCUT2D eigenvalue weighted by Crippen LogP contribution is 2.33. The molecular weight excluding hydrogens is 390 g/mol. The Morgan fingerprint density at radius 3 is 2.77 bits per heavy atom. The third-order valence-electron chi connectivity index (χ3n) is 5.11. The van der Waals surface area contributed by atoms with E-state index in [1.165, 1.54) is 12.4 Å². The van der Waals surface area contributed by atoms with Crippen LogP contribution in [-0.4, -0.2) is 35.2 Å². The number of benzene rings is 1. The Bertz CT molecular complexity index is 1070. The molecule has 5 N–H and O–H groups in total. The van der Waals surface area contributed by atoms with Crippen molar-refractivity contribution in [3.63, 3.8) is 0 Å². The summed E-state index contributed by atoms with van der Waals surface area (Å²) in [4.78, 5) is 4.57. The van der Waals surface area contributed by atoms with Gasteiger partial charge in [-0.05, 0) is 36.8 Å². The van der Waals surface area contributed by atoms with Crippen LogP contribution in [0.1, 0.15) is 11.3 Å². The fourth-order valence-electron chi connectivity index (χ4n) is 3.67. The van der Waals surface area contributed by atoms with Gasteiger partial charge in [0.05, 0.1) is 35.3 Å². The van der Waals surface area contributed by atoms with Crippen molar-refractivity contribution in [1.29, 1.82) is 0 Å². The largest absolute Gasteiger partial charge is 0.403 e. The summed E-state index contributed by atoms with van der Waals surface area (Å²) in [5.74, 6) is 4.24. The molecule has 9 heteroatoms. The van der Waals surface area contributed by atoms with E-state index in [-0.39, 0.29) is 23.0 Å². The van der Waals surface area contributed by atoms with Gasteiger partial charge in [0.2, 0.25) is 0 Å². The number of nitrogens with one attached hydrogen (secondary N) is 1. The molecule has 30 heavy (non-hydrogen) atoms. The second-order valence-electron chi connectivity index (χ2n) is 7.27. The zero-order chi connectivity index (χ0) is 21.3. The topological polar surface area (TPSA) is 93.8 Å². The number of aryl methyl sites for hydroxylation is 1. The minimum Gasteiger partial charge on any atom is -0.403 e. The monoisotopic (exact) mass is 414 g/mol. The minimum atomic E-state index is -0.755. The molecule has 1 aromatic carbocycles. The molecule has 3 heterocycles. The highest BCUT2D eigenvalue weighted by molar-refractivity contribution is 5.70. The van der Waals surface area contributed by atoms with Crippen molar-refractivity contribution in [2.24, 2.45) is 11.6 Å². The van der Waals surface area contributed by atoms with Gasteiger partial charge in [0.1, 0.15) is 17.3 Å². The number of nitrogens with zero attached hydrogens (tertiary/aromatic N) is 3. The normalized spacial score (nSPS) is 17.1. The number of ether oxygens (including phenoxy) is 1. The molecule has 0 amide bonds. The Balaban J connectivity index is 1.84. The molecule has 158 valence electrons. The van der Waals surface area contributed by atoms with Gasteiger partial charge in [-0.25, -0.2) is 19.6 Å². The van der Waals surface area contributed by atoms with E-state index in [9.17, 15) is 0 Å². The van der Waals surface area contributed by atoms with Crippen molar-refractivity contribution in [1.82, 2.24) is 14.7 Å². The highest BCUT2D eigenvalue weighted by atomic mass is 19.1. The smallest absolute Gasteiger partial charge is 0.137 e. The summed E-state index contributed by atoms with van der Waals surface area (Å²) in [6.45, 7) is 3.98. The molecule has 0 spiro atoms. The number of aromatic nitrogens is 2. The number of halogens is 2. The first kappa shape index (κ1) is 20.3. The molecule has 0 aliphatic carbocycles. The Labute approximate surface area is 172 Å². The van der Waals surface area contributed by atoms with E-state index < -0.39 is 11.6 Å². The summed E-state index contributed by atoms with van der Waals surface area (Å²) in [6.07, 6.45) is 4.71. The van der Waals surface area contributed by atoms with Crippen LogP contribution < -0.4 is 21.9 Å². The number of imidazole rings is 1. The molecule has 1 atom stereocenters. The predicted octanol–water partition coefficient (Wildman–Crippen LogP) is 2.23. The van der Waals surface area contributed by atoms with Crippen LogP contribution in [0.2, 0.25) is 0 Å². The van der Waals surface area contributed by atoms with Crippen LogP contribution in [0.25, 0.3) is 16.9 Å². The average Bonchev–Trinajstić information content (AvgIpc) is 3.05. The molecule has 1 aliphatic rings. The number of hydrogen-bond donors (Lipinski definition) is 3. The lowest BCUT2D eigenvalue weighted by atomic mass is 10.0. The molecule has 2 aromatic heterocycles. The summed E-state index contributed by atoms with van der Waals surface area (Å²) < 4.78 is 37.9. The van der Waals surface area contributed by atoms with Crippen LogP contribution in [0.15, 0.2) is 42.9 Å². The minimum absolute atomic E-state index is 0.113. The summed E-state index contributed by atoms with van der Waals surface area (Å²) in [7, 11) is 0. The van der Waals surface area contributed by atoms with E-state index in [0.717, 1.165) is 29.2 Å². The second kappa shape index (κ2) is 8.39. The molecule has 1 unspecified atom stereocenters. The molecule has 7 nitrogen and oxygen atoms in total. The van der Waals surface area contributed by atoms with E-state index in [0.29, 0.717) is 30.9 Å². The van der Waals surface area contributed by atoms with Crippen LogP contribution in [0.4, 0.5) is 14.5 Å². The van der Waals surface area contributed by atoms with Crippen LogP contribution >= 0.6 is 0 Å². The van der Waals surface area contributed by atoms with Crippen molar-refractivity contribution in [3.8, 4) is 11.3 Å². The van der Waals surface area contributed by atoms with E-state index in [4.69, 9.17) is 16.3 Å². The first-order chi connectivity index (χ1) is 14.5. The van der Waals surface area contributed by atoms with Gasteiger partial charge in [-0.1, -0.05) is 0 Å². The van der Waals surface area contributed by atoms with Gasteiger partial charge >= 0.3 is 0 Å². The van der Waals surface area contributed by atoms with Crippen molar-refractivity contribution in [3.05, 3.63) is 65.8 Å². The number of pyridine rings is 1. The summed E-state index contributed by atoms with van der Waals surface area (Å²) in [5.41, 5.74) is 7.83. The van der Waals surface area contributed by atoms with Crippen LogP contribution in [0.3, 0.4) is 0 Å². The number of rotatable bonds is 5. The standard InChI is InChI=1S/C21H24F2N6O/c1-13-2-5-28-18(11-15-12-26-4-7-30-15)21(27-19(28)8-13)20-16(22)9-14(10-17(20)23)29(25)6-3-24/h2-3,5-6,8-10,15,26H,4,7,11-12,24-25H2,1H3/b6-3-. The van der Waals surface area contributed by atoms with Crippen molar-refractivity contribution >= 4 is 11.3 Å². The molecule has 3 aromatic rings. The number of anilines is 1. The zero-order valence-electron chi connectivity index (χ0n) is 16.6. The first-order valence-electron chi connectivity index (χ1n) is 9.69. The number of nitrogens with two attached hydrogens (primary N) is 2. The third kappa shape index (κ3) is 3.87. The first-order valence-corrected chi connectivity index (χ1v) is 9.69. The lowest BCUT2D eigenvalue weighted by Crippen LogP contribution is -2.39. The number of morpholine rings is 1. The highest BCUT2D eigenvalue weighted by Gasteiger charge is 2.25. The van der Waals surface area contributed by atoms with Crippen LogP contribution in [-0.2, 0) is 11.2 Å². The molecule has 1 aliphatic heterocycles. The molecule has 0 radical (unpaired) electrons. The lowest BCUT2D eigenvalue weighted by molar-refractivity contribution is 0.0286. The SMILES string of the molecule is Cc1ccn2c(CC3CNCCO3)c(-c3c(F)cc(N(N)/C=C\N)cc3F)nc2c1. The average molecular weight is 414 g/mol. The quantitative estimate of drug-likeness (QED) is 0.438. The van der Waals surface area contributed by atoms with Gasteiger partial charge in [0.25, 0.3) is 0 Å². The van der Waals surface area contributed by atoms with Crippen molar-refractivity contribution < 1.29 is 13.5 Å². The van der Waals surface area contributed by atoms with Crippen LogP contribution in [0, 0.1) is 18.6 Å². The van der Waals surface area contributed by atoms with Crippen molar-refractivity contribution in [2.75, 3.05) is 24.7 Å². The molecule has 4 rings (SSSR count). The fourth-order valence-corrected chi connectivity index (χ4v) is 3.67. The Morgan fingerprint density at radius 1 is 1.33 bits per heavy atom. The summed E-state index contributed by atoms with van der Waals surface area (Å²) in [5, 5.41) is 4.33.